The molecule has 1 heterocycles. The van der Waals surface area contributed by atoms with Crippen LogP contribution in [0.2, 0.25) is 0 Å². The standard InChI is InChI=1S/C13H13O/c1-9-4-5-12(10(2)8-9)13-6-7-14-11(13)3/h4,6-8H,1-3H3. The number of rotatable bonds is 1. The number of furan rings is 1. The zero-order valence-corrected chi connectivity index (χ0v) is 8.72. The second kappa shape index (κ2) is 3.33. The second-order valence-electron chi connectivity index (χ2n) is 3.63. The Bertz CT molecular complexity index is 452. The first-order valence-corrected chi connectivity index (χ1v) is 4.72. The van der Waals surface area contributed by atoms with E-state index in [1.807, 2.05) is 19.1 Å². The van der Waals surface area contributed by atoms with E-state index in [0.29, 0.717) is 0 Å². The van der Waals surface area contributed by atoms with Gasteiger partial charge in [-0.2, -0.15) is 0 Å². The molecule has 0 bridgehead atoms. The SMILES string of the molecule is Cc1c[c]c(-c2ccoc2C)c(C)c1. The van der Waals surface area contributed by atoms with E-state index in [4.69, 9.17) is 4.42 Å². The smallest absolute Gasteiger partial charge is 0.108 e. The van der Waals surface area contributed by atoms with E-state index in [2.05, 4.69) is 26.0 Å². The minimum atomic E-state index is 0.952. The summed E-state index contributed by atoms with van der Waals surface area (Å²) >= 11 is 0. The first-order valence-electron chi connectivity index (χ1n) is 4.72. The third-order valence-electron chi connectivity index (χ3n) is 2.41. The maximum absolute atomic E-state index is 5.28. The van der Waals surface area contributed by atoms with Crippen molar-refractivity contribution in [3.05, 3.63) is 47.4 Å². The molecule has 0 unspecified atom stereocenters. The Balaban J connectivity index is 2.58. The Morgan fingerprint density at radius 1 is 1.21 bits per heavy atom. The van der Waals surface area contributed by atoms with Crippen LogP contribution in [-0.2, 0) is 0 Å². The topological polar surface area (TPSA) is 13.1 Å². The monoisotopic (exact) mass is 185 g/mol. The van der Waals surface area contributed by atoms with Gasteiger partial charge in [-0.25, -0.2) is 0 Å². The van der Waals surface area contributed by atoms with Crippen LogP contribution in [0, 0.1) is 26.8 Å². The van der Waals surface area contributed by atoms with Gasteiger partial charge in [-0.1, -0.05) is 17.7 Å². The molecule has 1 nitrogen and oxygen atoms in total. The summed E-state index contributed by atoms with van der Waals surface area (Å²) in [7, 11) is 0. The zero-order chi connectivity index (χ0) is 10.1. The molecule has 0 amide bonds. The molecular weight excluding hydrogens is 172 g/mol. The van der Waals surface area contributed by atoms with Gasteiger partial charge in [-0.05, 0) is 44.0 Å². The first-order chi connectivity index (χ1) is 6.68. The van der Waals surface area contributed by atoms with Crippen LogP contribution in [0.25, 0.3) is 11.1 Å². The molecule has 2 aromatic rings. The van der Waals surface area contributed by atoms with E-state index >= 15 is 0 Å². The highest BCUT2D eigenvalue weighted by Gasteiger charge is 2.07. The molecule has 0 N–H and O–H groups in total. The maximum atomic E-state index is 5.28. The lowest BCUT2D eigenvalue weighted by molar-refractivity contribution is 0.535. The van der Waals surface area contributed by atoms with E-state index in [9.17, 15) is 0 Å². The van der Waals surface area contributed by atoms with Gasteiger partial charge in [0.05, 0.1) is 6.26 Å². The second-order valence-corrected chi connectivity index (χ2v) is 3.63. The van der Waals surface area contributed by atoms with E-state index in [-0.39, 0.29) is 0 Å². The molecule has 71 valence electrons. The lowest BCUT2D eigenvalue weighted by atomic mass is 9.99. The molecule has 0 atom stereocenters. The highest BCUT2D eigenvalue weighted by molar-refractivity contribution is 5.68. The lowest BCUT2D eigenvalue weighted by Gasteiger charge is -2.04. The largest absolute Gasteiger partial charge is 0.469 e. The van der Waals surface area contributed by atoms with Gasteiger partial charge in [-0.15, -0.1) is 0 Å². The van der Waals surface area contributed by atoms with Crippen LogP contribution in [0.15, 0.2) is 28.9 Å². The van der Waals surface area contributed by atoms with E-state index in [1.54, 1.807) is 6.26 Å². The van der Waals surface area contributed by atoms with Crippen LogP contribution >= 0.6 is 0 Å². The third kappa shape index (κ3) is 1.46. The van der Waals surface area contributed by atoms with Crippen molar-refractivity contribution in [3.63, 3.8) is 0 Å². The molecule has 1 heteroatoms. The molecule has 0 saturated heterocycles. The van der Waals surface area contributed by atoms with Gasteiger partial charge < -0.3 is 4.42 Å². The Labute approximate surface area is 84.4 Å². The van der Waals surface area contributed by atoms with Crippen molar-refractivity contribution >= 4 is 0 Å². The zero-order valence-electron chi connectivity index (χ0n) is 8.72. The number of benzene rings is 1. The number of hydrogen-bond donors (Lipinski definition) is 0. The van der Waals surface area contributed by atoms with Gasteiger partial charge in [0.2, 0.25) is 0 Å². The molecule has 1 aromatic heterocycles. The highest BCUT2D eigenvalue weighted by Crippen LogP contribution is 2.27. The summed E-state index contributed by atoms with van der Waals surface area (Å²) in [6.45, 7) is 6.16. The van der Waals surface area contributed by atoms with Crippen LogP contribution in [0.4, 0.5) is 0 Å². The van der Waals surface area contributed by atoms with Crippen LogP contribution in [-0.4, -0.2) is 0 Å². The molecule has 1 radical (unpaired) electrons. The third-order valence-corrected chi connectivity index (χ3v) is 2.41. The van der Waals surface area contributed by atoms with Crippen LogP contribution in [0.5, 0.6) is 0 Å². The molecule has 0 aliphatic heterocycles. The summed E-state index contributed by atoms with van der Waals surface area (Å²) in [5, 5.41) is 0. The van der Waals surface area contributed by atoms with Gasteiger partial charge in [0, 0.05) is 5.56 Å². The highest BCUT2D eigenvalue weighted by atomic mass is 16.3. The van der Waals surface area contributed by atoms with Crippen molar-refractivity contribution in [1.82, 2.24) is 0 Å². The summed E-state index contributed by atoms with van der Waals surface area (Å²) in [6, 6.07) is 9.45. The van der Waals surface area contributed by atoms with Gasteiger partial charge in [0.1, 0.15) is 5.76 Å². The molecule has 14 heavy (non-hydrogen) atoms. The van der Waals surface area contributed by atoms with Crippen LogP contribution in [0.3, 0.4) is 0 Å². The summed E-state index contributed by atoms with van der Waals surface area (Å²) in [5.74, 6) is 0.952. The Hall–Kier alpha value is -1.50. The fourth-order valence-electron chi connectivity index (χ4n) is 1.69. The van der Waals surface area contributed by atoms with E-state index in [1.165, 1.54) is 11.1 Å². The lowest BCUT2D eigenvalue weighted by Crippen LogP contribution is -1.84. The van der Waals surface area contributed by atoms with Crippen molar-refractivity contribution in [2.45, 2.75) is 20.8 Å². The first kappa shape index (κ1) is 9.07. The molecule has 0 fully saturated rings. The molecule has 1 aromatic carbocycles. The molecule has 0 aliphatic rings. The average molecular weight is 185 g/mol. The fraction of sp³-hybridized carbons (Fsp3) is 0.231. The normalized spacial score (nSPS) is 10.5. The average Bonchev–Trinajstić information content (AvgIpc) is 2.52. The summed E-state index contributed by atoms with van der Waals surface area (Å²) < 4.78 is 5.28. The fourth-order valence-corrected chi connectivity index (χ4v) is 1.69. The Kier molecular flexibility index (Phi) is 2.16. The number of hydrogen-bond acceptors (Lipinski definition) is 1. The summed E-state index contributed by atoms with van der Waals surface area (Å²) in [4.78, 5) is 0. The van der Waals surface area contributed by atoms with Crippen LogP contribution < -0.4 is 0 Å². The minimum absolute atomic E-state index is 0.952. The predicted octanol–water partition coefficient (Wildman–Crippen LogP) is 3.67. The number of aryl methyl sites for hydroxylation is 3. The molecule has 2 rings (SSSR count). The van der Waals surface area contributed by atoms with E-state index in [0.717, 1.165) is 16.9 Å². The summed E-state index contributed by atoms with van der Waals surface area (Å²) in [6.07, 6.45) is 1.72. The minimum Gasteiger partial charge on any atom is -0.469 e. The maximum Gasteiger partial charge on any atom is 0.108 e. The van der Waals surface area contributed by atoms with Gasteiger partial charge in [0.15, 0.2) is 0 Å². The molecule has 0 spiro atoms. The van der Waals surface area contributed by atoms with Gasteiger partial charge in [-0.3, -0.25) is 0 Å². The molecule has 0 aliphatic carbocycles. The van der Waals surface area contributed by atoms with Crippen molar-refractivity contribution < 1.29 is 4.42 Å². The van der Waals surface area contributed by atoms with Gasteiger partial charge >= 0.3 is 0 Å². The molecule has 0 saturated carbocycles. The van der Waals surface area contributed by atoms with Crippen molar-refractivity contribution in [3.8, 4) is 11.1 Å². The van der Waals surface area contributed by atoms with Gasteiger partial charge in [0.25, 0.3) is 0 Å². The molecular formula is C13H13O. The van der Waals surface area contributed by atoms with Crippen molar-refractivity contribution in [1.29, 1.82) is 0 Å². The van der Waals surface area contributed by atoms with Crippen molar-refractivity contribution in [2.24, 2.45) is 0 Å². The Morgan fingerprint density at radius 3 is 2.57 bits per heavy atom. The predicted molar refractivity (Wildman–Crippen MR) is 57.2 cm³/mol. The summed E-state index contributed by atoms with van der Waals surface area (Å²) in [5.41, 5.74) is 4.77. The quantitative estimate of drug-likeness (QED) is 0.660. The Morgan fingerprint density at radius 2 is 2.00 bits per heavy atom. The van der Waals surface area contributed by atoms with E-state index < -0.39 is 0 Å². The van der Waals surface area contributed by atoms with Crippen LogP contribution in [0.1, 0.15) is 16.9 Å². The van der Waals surface area contributed by atoms with Crippen molar-refractivity contribution in [2.75, 3.05) is 0 Å².